The molecule has 0 spiro atoms. The molecule has 0 aliphatic carbocycles. The maximum atomic E-state index is 11.9. The molecule has 0 atom stereocenters. The Bertz CT molecular complexity index is 1190. The summed E-state index contributed by atoms with van der Waals surface area (Å²) in [6, 6.07) is 5.59. The second-order valence-corrected chi connectivity index (χ2v) is 9.77. The number of anilines is 2. The van der Waals surface area contributed by atoms with Gasteiger partial charge in [0.15, 0.2) is 6.29 Å². The number of aromatic nitrogens is 4. The molecule has 0 radical (unpaired) electrons. The van der Waals surface area contributed by atoms with Gasteiger partial charge in [-0.2, -0.15) is 5.10 Å². The predicted octanol–water partition coefficient (Wildman–Crippen LogP) is 3.10. The molecule has 2 aliphatic rings. The smallest absolute Gasteiger partial charge is 0.320 e. The van der Waals surface area contributed by atoms with Gasteiger partial charge >= 0.3 is 6.03 Å². The Morgan fingerprint density at radius 3 is 2.50 bits per heavy atom. The number of nitrogens with two attached hydrogens (primary N) is 1. The molecule has 190 valence electrons. The summed E-state index contributed by atoms with van der Waals surface area (Å²) in [5.74, 6) is 2.23. The number of aldehydes is 1. The highest BCUT2D eigenvalue weighted by Gasteiger charge is 2.27. The molecule has 5 heterocycles. The number of fused-ring (bicyclic) bond motifs is 1. The topological polar surface area (TPSA) is 113 Å². The van der Waals surface area contributed by atoms with Crippen LogP contribution in [0.2, 0.25) is 0 Å². The van der Waals surface area contributed by atoms with Crippen molar-refractivity contribution in [2.45, 2.75) is 38.6 Å². The monoisotopic (exact) mass is 490 g/mol. The minimum Gasteiger partial charge on any atom is -0.357 e. The molecule has 10 nitrogen and oxygen atoms in total. The van der Waals surface area contributed by atoms with Crippen LogP contribution < -0.4 is 15.5 Å². The Hall–Kier alpha value is -3.53. The van der Waals surface area contributed by atoms with E-state index in [0.717, 1.165) is 81.4 Å². The number of rotatable bonds is 7. The zero-order valence-electron chi connectivity index (χ0n) is 20.8. The van der Waals surface area contributed by atoms with Crippen molar-refractivity contribution in [3.8, 4) is 0 Å². The Kier molecular flexibility index (Phi) is 7.13. The van der Waals surface area contributed by atoms with E-state index < -0.39 is 6.03 Å². The van der Waals surface area contributed by atoms with E-state index in [1.54, 1.807) is 12.4 Å². The number of carbonyl (C=O) groups excluding carboxylic acids is 2. The molecule has 0 unspecified atom stereocenters. The fourth-order valence-corrected chi connectivity index (χ4v) is 5.58. The average Bonchev–Trinajstić information content (AvgIpc) is 3.35. The Labute approximate surface area is 211 Å². The minimum absolute atomic E-state index is 0.333. The predicted molar refractivity (Wildman–Crippen MR) is 139 cm³/mol. The molecule has 0 bridgehead atoms. The van der Waals surface area contributed by atoms with Gasteiger partial charge in [0.1, 0.15) is 11.6 Å². The number of primary amides is 1. The summed E-state index contributed by atoms with van der Waals surface area (Å²) in [6.07, 6.45) is 10.4. The quantitative estimate of drug-likeness (QED) is 0.506. The van der Waals surface area contributed by atoms with Gasteiger partial charge in [0.25, 0.3) is 0 Å². The van der Waals surface area contributed by atoms with Crippen LogP contribution in [0.15, 0.2) is 36.8 Å². The van der Waals surface area contributed by atoms with E-state index in [4.69, 9.17) is 10.8 Å². The van der Waals surface area contributed by atoms with Crippen molar-refractivity contribution >= 4 is 34.9 Å². The van der Waals surface area contributed by atoms with Crippen molar-refractivity contribution in [1.29, 1.82) is 0 Å². The van der Waals surface area contributed by atoms with E-state index in [-0.39, 0.29) is 0 Å². The molecule has 3 aromatic heterocycles. The Morgan fingerprint density at radius 2 is 1.86 bits per heavy atom. The largest absolute Gasteiger partial charge is 0.357 e. The highest BCUT2D eigenvalue weighted by atomic mass is 16.2. The lowest BCUT2D eigenvalue weighted by atomic mass is 9.94. The second-order valence-electron chi connectivity index (χ2n) is 9.77. The van der Waals surface area contributed by atoms with Crippen LogP contribution in [0.5, 0.6) is 0 Å². The summed E-state index contributed by atoms with van der Waals surface area (Å²) < 4.78 is 2.11. The van der Waals surface area contributed by atoms with E-state index in [1.165, 1.54) is 4.90 Å². The average molecular weight is 491 g/mol. The van der Waals surface area contributed by atoms with E-state index in [1.807, 2.05) is 31.3 Å². The molecule has 0 aromatic carbocycles. The van der Waals surface area contributed by atoms with Gasteiger partial charge in [-0.3, -0.25) is 14.4 Å². The van der Waals surface area contributed by atoms with Gasteiger partial charge in [-0.15, -0.1) is 0 Å². The van der Waals surface area contributed by atoms with E-state index in [2.05, 4.69) is 24.4 Å². The van der Waals surface area contributed by atoms with E-state index in [0.29, 0.717) is 29.9 Å². The van der Waals surface area contributed by atoms with Gasteiger partial charge in [-0.05, 0) is 56.7 Å². The first-order chi connectivity index (χ1) is 17.6. The number of amides is 2. The molecule has 5 rings (SSSR count). The summed E-state index contributed by atoms with van der Waals surface area (Å²) in [5.41, 5.74) is 7.17. The van der Waals surface area contributed by atoms with Crippen LogP contribution in [0.3, 0.4) is 0 Å². The molecular weight excluding hydrogens is 456 g/mol. The van der Waals surface area contributed by atoms with Gasteiger partial charge in [0, 0.05) is 57.2 Å². The number of nitrogens with zero attached hydrogens (tertiary/aromatic N) is 7. The van der Waals surface area contributed by atoms with Gasteiger partial charge in [0.2, 0.25) is 0 Å². The molecule has 0 saturated carbocycles. The normalized spacial score (nSPS) is 18.0. The molecule has 10 heteroatoms. The van der Waals surface area contributed by atoms with Crippen LogP contribution in [0.4, 0.5) is 16.4 Å². The molecule has 2 amide bonds. The number of urea groups is 1. The second kappa shape index (κ2) is 10.6. The third-order valence-electron chi connectivity index (χ3n) is 7.61. The maximum Gasteiger partial charge on any atom is 0.320 e. The van der Waals surface area contributed by atoms with Crippen molar-refractivity contribution in [3.05, 3.63) is 42.4 Å². The lowest BCUT2D eigenvalue weighted by molar-refractivity contribution is 0.112. The van der Waals surface area contributed by atoms with Gasteiger partial charge < -0.3 is 15.5 Å². The number of carbonyl (C=O) groups is 2. The molecule has 2 saturated heterocycles. The van der Waals surface area contributed by atoms with Gasteiger partial charge in [0.05, 0.1) is 23.1 Å². The summed E-state index contributed by atoms with van der Waals surface area (Å²) in [4.78, 5) is 38.0. The van der Waals surface area contributed by atoms with Crippen molar-refractivity contribution < 1.29 is 9.59 Å². The van der Waals surface area contributed by atoms with Crippen molar-refractivity contribution in [2.75, 3.05) is 49.1 Å². The van der Waals surface area contributed by atoms with Crippen LogP contribution in [0, 0.1) is 5.92 Å². The first-order valence-corrected chi connectivity index (χ1v) is 12.8. The van der Waals surface area contributed by atoms with Crippen molar-refractivity contribution in [3.63, 3.8) is 0 Å². The summed E-state index contributed by atoms with van der Waals surface area (Å²) in [6.45, 7) is 7.61. The zero-order valence-corrected chi connectivity index (χ0v) is 20.8. The van der Waals surface area contributed by atoms with E-state index in [9.17, 15) is 9.59 Å². The highest BCUT2D eigenvalue weighted by Crippen LogP contribution is 2.31. The minimum atomic E-state index is -0.503. The number of hydrogen-bond donors (Lipinski definition) is 1. The lowest BCUT2D eigenvalue weighted by Crippen LogP contribution is -2.42. The molecule has 36 heavy (non-hydrogen) atoms. The Morgan fingerprint density at radius 1 is 1.08 bits per heavy atom. The Balaban J connectivity index is 1.15. The molecular formula is C26H34N8O2. The standard InChI is InChI=1S/C26H34N8O2/c1-2-33(26(27)36)25-22-16-30-34(23(22)5-10-28-25)21-8-11-31(12-9-21)17-19-6-13-32(14-7-19)24-4-3-20(18-35)15-29-24/h3-5,10,15-16,18-19,21H,2,6-9,11-14,17H2,1H3,(H2,27,36). The summed E-state index contributed by atoms with van der Waals surface area (Å²) >= 11 is 0. The van der Waals surface area contributed by atoms with Gasteiger partial charge in [-0.1, -0.05) is 0 Å². The van der Waals surface area contributed by atoms with Crippen LogP contribution >= 0.6 is 0 Å². The maximum absolute atomic E-state index is 11.9. The highest BCUT2D eigenvalue weighted by molar-refractivity contribution is 5.99. The van der Waals surface area contributed by atoms with E-state index >= 15 is 0 Å². The van der Waals surface area contributed by atoms with Crippen LogP contribution in [0.1, 0.15) is 49.0 Å². The van der Waals surface area contributed by atoms with Crippen molar-refractivity contribution in [2.24, 2.45) is 11.7 Å². The molecule has 2 fully saturated rings. The third-order valence-corrected chi connectivity index (χ3v) is 7.61. The van der Waals surface area contributed by atoms with Crippen molar-refractivity contribution in [1.82, 2.24) is 24.6 Å². The summed E-state index contributed by atoms with van der Waals surface area (Å²) in [7, 11) is 0. The number of hydrogen-bond acceptors (Lipinski definition) is 7. The number of likely N-dealkylation sites (tertiary alicyclic amines) is 1. The molecule has 2 N–H and O–H groups in total. The molecule has 2 aliphatic heterocycles. The fraction of sp³-hybridized carbons (Fsp3) is 0.500. The number of piperidine rings is 2. The first kappa shape index (κ1) is 24.2. The molecule has 3 aromatic rings. The first-order valence-electron chi connectivity index (χ1n) is 12.8. The SMILES string of the molecule is CCN(C(N)=O)c1nccc2c1cnn2C1CCN(CC2CCN(c3ccc(C=O)cn3)CC2)CC1. The number of pyridine rings is 2. The summed E-state index contributed by atoms with van der Waals surface area (Å²) in [5, 5.41) is 5.56. The van der Waals surface area contributed by atoms with Crippen LogP contribution in [-0.2, 0) is 0 Å². The fourth-order valence-electron chi connectivity index (χ4n) is 5.58. The lowest BCUT2D eigenvalue weighted by Gasteiger charge is -2.38. The van der Waals surface area contributed by atoms with Crippen LogP contribution in [0.25, 0.3) is 10.9 Å². The van der Waals surface area contributed by atoms with Crippen LogP contribution in [-0.4, -0.2) is 76.2 Å². The zero-order chi connectivity index (χ0) is 25.1. The van der Waals surface area contributed by atoms with Gasteiger partial charge in [-0.25, -0.2) is 14.8 Å². The third kappa shape index (κ3) is 4.90.